The molecule has 0 saturated heterocycles. The van der Waals surface area contributed by atoms with Gasteiger partial charge in [0.15, 0.2) is 0 Å². The van der Waals surface area contributed by atoms with Gasteiger partial charge in [-0.2, -0.15) is 0 Å². The normalized spacial score (nSPS) is 22.2. The molecule has 0 radical (unpaired) electrons. The van der Waals surface area contributed by atoms with Crippen LogP contribution in [0.2, 0.25) is 0 Å². The van der Waals surface area contributed by atoms with E-state index < -0.39 is 10.0 Å². The molecule has 1 fully saturated rings. The van der Waals surface area contributed by atoms with Gasteiger partial charge < -0.3 is 11.1 Å². The summed E-state index contributed by atoms with van der Waals surface area (Å²) in [5.41, 5.74) is 7.14. The van der Waals surface area contributed by atoms with Crippen molar-refractivity contribution in [1.29, 1.82) is 0 Å². The van der Waals surface area contributed by atoms with E-state index in [1.54, 1.807) is 19.1 Å². The number of nitrogens with two attached hydrogens (primary N) is 1. The molecule has 0 aromatic heterocycles. The number of sulfonamides is 1. The molecule has 0 bridgehead atoms. The summed E-state index contributed by atoms with van der Waals surface area (Å²) in [6, 6.07) is 4.75. The van der Waals surface area contributed by atoms with Crippen molar-refractivity contribution in [3.63, 3.8) is 0 Å². The molecule has 0 spiro atoms. The lowest BCUT2D eigenvalue weighted by molar-refractivity contribution is 0.584. The molecule has 4 N–H and O–H groups in total. The summed E-state index contributed by atoms with van der Waals surface area (Å²) in [5, 5.41) is 3.24. The zero-order chi connectivity index (χ0) is 14.0. The van der Waals surface area contributed by atoms with Gasteiger partial charge in [-0.15, -0.1) is 0 Å². The molecule has 106 valence electrons. The second-order valence-electron chi connectivity index (χ2n) is 5.10. The molecule has 1 aliphatic carbocycles. The first-order chi connectivity index (χ1) is 8.94. The maximum Gasteiger partial charge on any atom is 0.240 e. The first kappa shape index (κ1) is 14.1. The SMILES string of the molecule is CCNS(=O)(=O)c1ccc(N)c(NCC2CC2C)c1. The molecule has 2 rings (SSSR count). The number of benzene rings is 1. The molecule has 2 unspecified atom stereocenters. The molecule has 1 aromatic rings. The average molecular weight is 283 g/mol. The van der Waals surface area contributed by atoms with E-state index in [1.807, 2.05) is 0 Å². The molecule has 1 aliphatic rings. The van der Waals surface area contributed by atoms with Crippen molar-refractivity contribution in [1.82, 2.24) is 4.72 Å². The Labute approximate surface area is 114 Å². The van der Waals surface area contributed by atoms with Crippen LogP contribution < -0.4 is 15.8 Å². The fraction of sp³-hybridized carbons (Fsp3) is 0.538. The number of anilines is 2. The van der Waals surface area contributed by atoms with Crippen molar-refractivity contribution in [2.24, 2.45) is 11.8 Å². The van der Waals surface area contributed by atoms with Crippen molar-refractivity contribution < 1.29 is 8.42 Å². The van der Waals surface area contributed by atoms with E-state index in [-0.39, 0.29) is 4.90 Å². The molecule has 0 aliphatic heterocycles. The van der Waals surface area contributed by atoms with Gasteiger partial charge in [0.05, 0.1) is 16.3 Å². The van der Waals surface area contributed by atoms with Crippen LogP contribution in [0.5, 0.6) is 0 Å². The van der Waals surface area contributed by atoms with Crippen LogP contribution in [0.25, 0.3) is 0 Å². The Balaban J connectivity index is 2.14. The van der Waals surface area contributed by atoms with E-state index in [4.69, 9.17) is 5.73 Å². The van der Waals surface area contributed by atoms with Crippen LogP contribution in [0.3, 0.4) is 0 Å². The summed E-state index contributed by atoms with van der Waals surface area (Å²) in [6.45, 7) is 5.18. The minimum atomic E-state index is -3.43. The smallest absolute Gasteiger partial charge is 0.240 e. The molecule has 19 heavy (non-hydrogen) atoms. The van der Waals surface area contributed by atoms with E-state index in [0.717, 1.165) is 12.5 Å². The lowest BCUT2D eigenvalue weighted by atomic mass is 10.2. The first-order valence-electron chi connectivity index (χ1n) is 6.57. The first-order valence-corrected chi connectivity index (χ1v) is 8.05. The van der Waals surface area contributed by atoms with Gasteiger partial charge >= 0.3 is 0 Å². The Bertz CT molecular complexity index is 557. The van der Waals surface area contributed by atoms with Crippen molar-refractivity contribution in [2.75, 3.05) is 24.1 Å². The van der Waals surface area contributed by atoms with E-state index >= 15 is 0 Å². The molecule has 0 amide bonds. The fourth-order valence-electron chi connectivity index (χ4n) is 2.05. The second kappa shape index (κ2) is 5.38. The predicted octanol–water partition coefficient (Wildman–Crippen LogP) is 1.63. The summed E-state index contributed by atoms with van der Waals surface area (Å²) >= 11 is 0. The quantitative estimate of drug-likeness (QED) is 0.693. The van der Waals surface area contributed by atoms with Gasteiger partial charge in [-0.25, -0.2) is 13.1 Å². The van der Waals surface area contributed by atoms with Crippen LogP contribution in [0, 0.1) is 11.8 Å². The van der Waals surface area contributed by atoms with Crippen molar-refractivity contribution in [2.45, 2.75) is 25.2 Å². The molecule has 5 nitrogen and oxygen atoms in total. The minimum absolute atomic E-state index is 0.245. The summed E-state index contributed by atoms with van der Waals surface area (Å²) in [5.74, 6) is 1.43. The lowest BCUT2D eigenvalue weighted by Gasteiger charge is -2.11. The van der Waals surface area contributed by atoms with E-state index in [2.05, 4.69) is 17.0 Å². The third-order valence-corrected chi connectivity index (χ3v) is 5.04. The van der Waals surface area contributed by atoms with Crippen molar-refractivity contribution in [3.8, 4) is 0 Å². The van der Waals surface area contributed by atoms with Crippen LogP contribution >= 0.6 is 0 Å². The Morgan fingerprint density at radius 1 is 1.42 bits per heavy atom. The van der Waals surface area contributed by atoms with Crippen LogP contribution in [0.4, 0.5) is 11.4 Å². The highest BCUT2D eigenvalue weighted by Crippen LogP contribution is 2.38. The molecule has 1 aromatic carbocycles. The number of nitrogen functional groups attached to an aromatic ring is 1. The Morgan fingerprint density at radius 3 is 2.68 bits per heavy atom. The van der Waals surface area contributed by atoms with Gasteiger partial charge in [0.25, 0.3) is 0 Å². The molecule has 0 heterocycles. The minimum Gasteiger partial charge on any atom is -0.397 e. The summed E-state index contributed by atoms with van der Waals surface area (Å²) in [6.07, 6.45) is 1.22. The number of hydrogen-bond acceptors (Lipinski definition) is 4. The predicted molar refractivity (Wildman–Crippen MR) is 77.5 cm³/mol. The van der Waals surface area contributed by atoms with Crippen LogP contribution in [0.1, 0.15) is 20.3 Å². The van der Waals surface area contributed by atoms with Gasteiger partial charge in [0, 0.05) is 13.1 Å². The third kappa shape index (κ3) is 3.39. The Hall–Kier alpha value is -1.27. The highest BCUT2D eigenvalue weighted by atomic mass is 32.2. The number of nitrogens with one attached hydrogen (secondary N) is 2. The van der Waals surface area contributed by atoms with E-state index in [1.165, 1.54) is 12.5 Å². The van der Waals surface area contributed by atoms with E-state index in [0.29, 0.717) is 23.8 Å². The second-order valence-corrected chi connectivity index (χ2v) is 6.87. The molecule has 2 atom stereocenters. The van der Waals surface area contributed by atoms with Gasteiger partial charge in [-0.1, -0.05) is 13.8 Å². The van der Waals surface area contributed by atoms with Gasteiger partial charge in [0.1, 0.15) is 0 Å². The van der Waals surface area contributed by atoms with Crippen LogP contribution in [-0.2, 0) is 10.0 Å². The third-order valence-electron chi connectivity index (χ3n) is 3.50. The zero-order valence-electron chi connectivity index (χ0n) is 11.3. The topological polar surface area (TPSA) is 84.2 Å². The molecule has 6 heteroatoms. The van der Waals surface area contributed by atoms with Crippen LogP contribution in [0.15, 0.2) is 23.1 Å². The highest BCUT2D eigenvalue weighted by Gasteiger charge is 2.32. The highest BCUT2D eigenvalue weighted by molar-refractivity contribution is 7.89. The summed E-state index contributed by atoms with van der Waals surface area (Å²) in [7, 11) is -3.43. The lowest BCUT2D eigenvalue weighted by Crippen LogP contribution is -2.23. The maximum absolute atomic E-state index is 11.9. The zero-order valence-corrected chi connectivity index (χ0v) is 12.1. The van der Waals surface area contributed by atoms with Gasteiger partial charge in [-0.05, 0) is 36.5 Å². The molecule has 1 saturated carbocycles. The van der Waals surface area contributed by atoms with E-state index in [9.17, 15) is 8.42 Å². The molecular weight excluding hydrogens is 262 g/mol. The number of hydrogen-bond donors (Lipinski definition) is 3. The molecular formula is C13H21N3O2S. The maximum atomic E-state index is 11.9. The van der Waals surface area contributed by atoms with Crippen molar-refractivity contribution >= 4 is 21.4 Å². The standard InChI is InChI=1S/C13H21N3O2S/c1-3-16-19(17,18)11-4-5-12(14)13(7-11)15-8-10-6-9(10)2/h4-5,7,9-10,15-16H,3,6,8,14H2,1-2H3. The Morgan fingerprint density at radius 2 is 2.11 bits per heavy atom. The average Bonchev–Trinajstić information content (AvgIpc) is 3.04. The van der Waals surface area contributed by atoms with Gasteiger partial charge in [0.2, 0.25) is 10.0 Å². The largest absolute Gasteiger partial charge is 0.397 e. The fourth-order valence-corrected chi connectivity index (χ4v) is 3.12. The summed E-state index contributed by atoms with van der Waals surface area (Å²) in [4.78, 5) is 0.245. The van der Waals surface area contributed by atoms with Crippen molar-refractivity contribution in [3.05, 3.63) is 18.2 Å². The summed E-state index contributed by atoms with van der Waals surface area (Å²) < 4.78 is 26.3. The van der Waals surface area contributed by atoms with Crippen LogP contribution in [-0.4, -0.2) is 21.5 Å². The Kier molecular flexibility index (Phi) is 4.01. The number of rotatable bonds is 6. The monoisotopic (exact) mass is 283 g/mol. The van der Waals surface area contributed by atoms with Gasteiger partial charge in [-0.3, -0.25) is 0 Å².